The second-order valence-electron chi connectivity index (χ2n) is 3.69. The first-order valence-corrected chi connectivity index (χ1v) is 6.52. The highest BCUT2D eigenvalue weighted by Crippen LogP contribution is 2.03. The number of nitrogens with one attached hydrogen (secondary N) is 1. The zero-order valence-corrected chi connectivity index (χ0v) is 10.3. The van der Waals surface area contributed by atoms with Gasteiger partial charge in [0.1, 0.15) is 5.69 Å². The van der Waals surface area contributed by atoms with Crippen molar-refractivity contribution in [3.05, 3.63) is 16.6 Å². The van der Waals surface area contributed by atoms with Crippen LogP contribution in [-0.4, -0.2) is 28.5 Å². The van der Waals surface area contributed by atoms with Crippen LogP contribution in [-0.2, 0) is 4.79 Å². The van der Waals surface area contributed by atoms with Gasteiger partial charge in [-0.3, -0.25) is 9.59 Å². The molecule has 2 N–H and O–H groups in total. The molecule has 0 aliphatic heterocycles. The molecular formula is C11H16N2O3S. The van der Waals surface area contributed by atoms with Crippen LogP contribution in [0.25, 0.3) is 0 Å². The van der Waals surface area contributed by atoms with Gasteiger partial charge in [0.2, 0.25) is 0 Å². The number of unbranched alkanes of at least 4 members (excludes halogenated alkanes) is 3. The Morgan fingerprint density at radius 3 is 2.71 bits per heavy atom. The molecule has 1 amide bonds. The van der Waals surface area contributed by atoms with Crippen molar-refractivity contribution in [2.45, 2.75) is 32.1 Å². The molecule has 6 heteroatoms. The number of hydrogen-bond acceptors (Lipinski definition) is 4. The van der Waals surface area contributed by atoms with Crippen LogP contribution in [0.2, 0.25) is 0 Å². The van der Waals surface area contributed by atoms with E-state index < -0.39 is 5.97 Å². The summed E-state index contributed by atoms with van der Waals surface area (Å²) in [5, 5.41) is 12.9. The van der Waals surface area contributed by atoms with Gasteiger partial charge in [0.25, 0.3) is 5.91 Å². The minimum Gasteiger partial charge on any atom is -0.481 e. The number of nitrogens with zero attached hydrogens (tertiary/aromatic N) is 1. The van der Waals surface area contributed by atoms with E-state index in [0.29, 0.717) is 18.7 Å². The van der Waals surface area contributed by atoms with Crippen molar-refractivity contribution >= 4 is 23.2 Å². The van der Waals surface area contributed by atoms with Gasteiger partial charge in [-0.1, -0.05) is 12.8 Å². The molecule has 5 nitrogen and oxygen atoms in total. The number of hydrogen-bond donors (Lipinski definition) is 2. The summed E-state index contributed by atoms with van der Waals surface area (Å²) in [5.41, 5.74) is 2.08. The van der Waals surface area contributed by atoms with Gasteiger partial charge in [0, 0.05) is 18.3 Å². The Labute approximate surface area is 104 Å². The van der Waals surface area contributed by atoms with Gasteiger partial charge < -0.3 is 10.4 Å². The van der Waals surface area contributed by atoms with E-state index in [9.17, 15) is 9.59 Å². The van der Waals surface area contributed by atoms with E-state index in [1.54, 1.807) is 10.9 Å². The van der Waals surface area contributed by atoms with Gasteiger partial charge in [-0.2, -0.15) is 0 Å². The lowest BCUT2D eigenvalue weighted by molar-refractivity contribution is -0.137. The lowest BCUT2D eigenvalue weighted by Gasteiger charge is -2.02. The molecule has 0 aliphatic rings. The van der Waals surface area contributed by atoms with Crippen LogP contribution in [0.5, 0.6) is 0 Å². The van der Waals surface area contributed by atoms with Crippen molar-refractivity contribution in [1.29, 1.82) is 0 Å². The maximum atomic E-state index is 11.4. The lowest BCUT2D eigenvalue weighted by atomic mass is 10.1. The average molecular weight is 256 g/mol. The molecule has 0 atom stereocenters. The van der Waals surface area contributed by atoms with Gasteiger partial charge >= 0.3 is 5.97 Å². The number of amides is 1. The molecule has 0 saturated carbocycles. The predicted molar refractivity (Wildman–Crippen MR) is 65.2 cm³/mol. The molecule has 1 aromatic rings. The van der Waals surface area contributed by atoms with Crippen LogP contribution in [0, 0.1) is 0 Å². The second-order valence-corrected chi connectivity index (χ2v) is 4.41. The molecule has 1 heterocycles. The fraction of sp³-hybridized carbons (Fsp3) is 0.545. The molecule has 0 radical (unpaired) electrons. The van der Waals surface area contributed by atoms with Crippen molar-refractivity contribution in [1.82, 2.24) is 10.3 Å². The van der Waals surface area contributed by atoms with E-state index in [2.05, 4.69) is 10.3 Å². The minimum atomic E-state index is -0.748. The van der Waals surface area contributed by atoms with Crippen LogP contribution >= 0.6 is 11.3 Å². The number of aromatic nitrogens is 1. The molecule has 94 valence electrons. The van der Waals surface area contributed by atoms with Crippen molar-refractivity contribution in [3.8, 4) is 0 Å². The van der Waals surface area contributed by atoms with E-state index in [-0.39, 0.29) is 12.3 Å². The third-order valence-electron chi connectivity index (χ3n) is 2.27. The summed E-state index contributed by atoms with van der Waals surface area (Å²) in [5.74, 6) is -0.890. The first-order valence-electron chi connectivity index (χ1n) is 5.58. The fourth-order valence-corrected chi connectivity index (χ4v) is 1.90. The van der Waals surface area contributed by atoms with Crippen molar-refractivity contribution < 1.29 is 14.7 Å². The fourth-order valence-electron chi connectivity index (χ4n) is 1.37. The summed E-state index contributed by atoms with van der Waals surface area (Å²) in [6, 6.07) is 0. The second kappa shape index (κ2) is 7.78. The Kier molecular flexibility index (Phi) is 6.24. The van der Waals surface area contributed by atoms with E-state index in [0.717, 1.165) is 19.3 Å². The number of carboxylic acid groups (broad SMARTS) is 1. The average Bonchev–Trinajstić information content (AvgIpc) is 2.80. The molecule has 0 aromatic carbocycles. The molecule has 17 heavy (non-hydrogen) atoms. The Morgan fingerprint density at radius 1 is 1.29 bits per heavy atom. The van der Waals surface area contributed by atoms with Gasteiger partial charge in [-0.05, 0) is 12.8 Å². The van der Waals surface area contributed by atoms with Gasteiger partial charge in [0.05, 0.1) is 5.51 Å². The molecule has 0 aliphatic carbocycles. The lowest BCUT2D eigenvalue weighted by Crippen LogP contribution is -2.24. The highest BCUT2D eigenvalue weighted by molar-refractivity contribution is 7.07. The predicted octanol–water partition coefficient (Wildman–Crippen LogP) is 1.91. The molecular weight excluding hydrogens is 240 g/mol. The van der Waals surface area contributed by atoms with E-state index in [1.807, 2.05) is 0 Å². The molecule has 1 rings (SSSR count). The third kappa shape index (κ3) is 6.01. The molecule has 0 fully saturated rings. The molecule has 0 bridgehead atoms. The number of carboxylic acids is 1. The molecule has 0 spiro atoms. The summed E-state index contributed by atoms with van der Waals surface area (Å²) >= 11 is 1.39. The first-order chi connectivity index (χ1) is 8.20. The van der Waals surface area contributed by atoms with E-state index >= 15 is 0 Å². The summed E-state index contributed by atoms with van der Waals surface area (Å²) in [7, 11) is 0. The maximum absolute atomic E-state index is 11.4. The van der Waals surface area contributed by atoms with Crippen molar-refractivity contribution in [2.75, 3.05) is 6.54 Å². The number of aliphatic carboxylic acids is 1. The van der Waals surface area contributed by atoms with Crippen LogP contribution in [0.4, 0.5) is 0 Å². The van der Waals surface area contributed by atoms with Crippen molar-refractivity contribution in [3.63, 3.8) is 0 Å². The van der Waals surface area contributed by atoms with Gasteiger partial charge in [-0.25, -0.2) is 4.98 Å². The molecule has 1 aromatic heterocycles. The third-order valence-corrected chi connectivity index (χ3v) is 2.85. The van der Waals surface area contributed by atoms with Gasteiger partial charge in [0.15, 0.2) is 0 Å². The molecule has 0 unspecified atom stereocenters. The van der Waals surface area contributed by atoms with Crippen LogP contribution in [0.1, 0.15) is 42.6 Å². The van der Waals surface area contributed by atoms with Crippen molar-refractivity contribution in [2.24, 2.45) is 0 Å². The summed E-state index contributed by atoms with van der Waals surface area (Å²) in [6.45, 7) is 0.615. The largest absolute Gasteiger partial charge is 0.481 e. The maximum Gasteiger partial charge on any atom is 0.303 e. The zero-order chi connectivity index (χ0) is 12.5. The van der Waals surface area contributed by atoms with E-state index in [4.69, 9.17) is 5.11 Å². The minimum absolute atomic E-state index is 0.142. The Hall–Kier alpha value is -1.43. The Balaban J connectivity index is 1.97. The monoisotopic (exact) mass is 256 g/mol. The topological polar surface area (TPSA) is 79.3 Å². The number of carbonyl (C=O) groups excluding carboxylic acids is 1. The van der Waals surface area contributed by atoms with Gasteiger partial charge in [-0.15, -0.1) is 11.3 Å². The SMILES string of the molecule is O=C(O)CCCCCCNC(=O)c1cscn1. The highest BCUT2D eigenvalue weighted by Gasteiger charge is 2.05. The summed E-state index contributed by atoms with van der Waals surface area (Å²) < 4.78 is 0. The van der Waals surface area contributed by atoms with E-state index in [1.165, 1.54) is 11.3 Å². The smallest absolute Gasteiger partial charge is 0.303 e. The van der Waals surface area contributed by atoms with Crippen LogP contribution in [0.3, 0.4) is 0 Å². The Bertz CT molecular complexity index is 352. The molecule has 0 saturated heterocycles. The van der Waals surface area contributed by atoms with Crippen LogP contribution < -0.4 is 5.32 Å². The highest BCUT2D eigenvalue weighted by atomic mass is 32.1. The summed E-state index contributed by atoms with van der Waals surface area (Å²) in [4.78, 5) is 25.6. The summed E-state index contributed by atoms with van der Waals surface area (Å²) in [6.07, 6.45) is 3.62. The Morgan fingerprint density at radius 2 is 2.06 bits per heavy atom. The number of thiazole rings is 1. The quantitative estimate of drug-likeness (QED) is 0.696. The standard InChI is InChI=1S/C11H16N2O3S/c14-10(15)5-3-1-2-4-6-12-11(16)9-7-17-8-13-9/h7-8H,1-6H2,(H,12,16)(H,14,15). The number of rotatable bonds is 8. The number of carbonyl (C=O) groups is 2. The normalized spacial score (nSPS) is 10.1. The zero-order valence-electron chi connectivity index (χ0n) is 9.52. The first kappa shape index (κ1) is 13.6. The van der Waals surface area contributed by atoms with Crippen LogP contribution in [0.15, 0.2) is 10.9 Å².